The van der Waals surface area contributed by atoms with Crippen molar-refractivity contribution in [3.63, 3.8) is 0 Å². The maximum Gasteiger partial charge on any atom is 0.143 e. The lowest BCUT2D eigenvalue weighted by atomic mass is 9.91. The topological polar surface area (TPSA) is 16.4 Å². The van der Waals surface area contributed by atoms with E-state index in [1.807, 2.05) is 6.07 Å². The molecule has 0 N–H and O–H groups in total. The average molecular weight is 866 g/mol. The maximum absolute atomic E-state index is 6.61. The molecule has 318 valence electrons. The molecule has 0 amide bonds. The molecule has 0 saturated carbocycles. The van der Waals surface area contributed by atoms with E-state index in [1.165, 1.54) is 54.6 Å². The second kappa shape index (κ2) is 16.5. The van der Waals surface area contributed by atoms with E-state index in [2.05, 4.69) is 260 Å². The minimum atomic E-state index is 0.890. The Morgan fingerprint density at radius 3 is 1.68 bits per heavy atom. The van der Waals surface area contributed by atoms with Gasteiger partial charge in [0.2, 0.25) is 0 Å². The zero-order valence-corrected chi connectivity index (χ0v) is 37.2. The number of nitrogens with zero attached hydrogens (tertiary/aromatic N) is 1. The van der Waals surface area contributed by atoms with Crippen LogP contribution >= 0.6 is 0 Å². The van der Waals surface area contributed by atoms with Crippen LogP contribution in [0.15, 0.2) is 265 Å². The molecule has 0 atom stereocenters. The first-order chi connectivity index (χ1) is 33.7. The molecule has 0 aliphatic carbocycles. The Hall–Kier alpha value is -8.98. The summed E-state index contributed by atoms with van der Waals surface area (Å²) in [5.41, 5.74) is 16.5. The van der Waals surface area contributed by atoms with E-state index >= 15 is 0 Å². The van der Waals surface area contributed by atoms with Gasteiger partial charge in [0.25, 0.3) is 0 Å². The van der Waals surface area contributed by atoms with Crippen LogP contribution in [0.25, 0.3) is 110 Å². The summed E-state index contributed by atoms with van der Waals surface area (Å²) in [6.07, 6.45) is 0. The van der Waals surface area contributed by atoms with Crippen LogP contribution in [-0.4, -0.2) is 0 Å². The molecule has 2 nitrogen and oxygen atoms in total. The molecule has 13 rings (SSSR count). The van der Waals surface area contributed by atoms with Gasteiger partial charge in [0, 0.05) is 33.3 Å². The van der Waals surface area contributed by atoms with Gasteiger partial charge in [0.05, 0.1) is 5.69 Å². The maximum atomic E-state index is 6.61. The molecule has 0 aliphatic heterocycles. The van der Waals surface area contributed by atoms with E-state index < -0.39 is 0 Å². The lowest BCUT2D eigenvalue weighted by molar-refractivity contribution is 0.670. The molecule has 13 aromatic rings. The molecule has 1 heterocycles. The molecule has 1 aromatic heterocycles. The zero-order chi connectivity index (χ0) is 45.0. The summed E-state index contributed by atoms with van der Waals surface area (Å²) in [5.74, 6) is 0. The molecule has 0 saturated heterocycles. The lowest BCUT2D eigenvalue weighted by Gasteiger charge is -2.29. The third-order valence-electron chi connectivity index (χ3n) is 13.6. The fourth-order valence-electron chi connectivity index (χ4n) is 10.4. The number of hydrogen-bond donors (Lipinski definition) is 0. The van der Waals surface area contributed by atoms with Crippen LogP contribution < -0.4 is 4.90 Å². The highest BCUT2D eigenvalue weighted by molar-refractivity contribution is 6.14. The largest absolute Gasteiger partial charge is 0.455 e. The highest BCUT2D eigenvalue weighted by Gasteiger charge is 2.22. The normalized spacial score (nSPS) is 11.5. The van der Waals surface area contributed by atoms with Crippen molar-refractivity contribution in [1.29, 1.82) is 0 Å². The Balaban J connectivity index is 1.01. The van der Waals surface area contributed by atoms with Gasteiger partial charge in [0.1, 0.15) is 11.2 Å². The van der Waals surface area contributed by atoms with Crippen LogP contribution in [0.3, 0.4) is 0 Å². The van der Waals surface area contributed by atoms with Crippen molar-refractivity contribution in [1.82, 2.24) is 0 Å². The number of hydrogen-bond acceptors (Lipinski definition) is 2. The van der Waals surface area contributed by atoms with Crippen molar-refractivity contribution in [3.05, 3.63) is 261 Å². The Morgan fingerprint density at radius 1 is 0.250 bits per heavy atom. The fourth-order valence-corrected chi connectivity index (χ4v) is 10.4. The summed E-state index contributed by atoms with van der Waals surface area (Å²) in [5, 5.41) is 9.69. The summed E-state index contributed by atoms with van der Waals surface area (Å²) < 4.78 is 6.61. The van der Waals surface area contributed by atoms with Crippen molar-refractivity contribution in [2.24, 2.45) is 0 Å². The predicted octanol–water partition coefficient (Wildman–Crippen LogP) is 18.9. The molecular formula is C66H43NO. The Kier molecular flexibility index (Phi) is 9.54. The summed E-state index contributed by atoms with van der Waals surface area (Å²) >= 11 is 0. The molecule has 0 bridgehead atoms. The second-order valence-electron chi connectivity index (χ2n) is 17.6. The Morgan fingerprint density at radius 2 is 0.824 bits per heavy atom. The molecule has 68 heavy (non-hydrogen) atoms. The third kappa shape index (κ3) is 6.82. The first kappa shape index (κ1) is 39.4. The van der Waals surface area contributed by atoms with E-state index in [0.29, 0.717) is 0 Å². The van der Waals surface area contributed by atoms with E-state index in [4.69, 9.17) is 4.42 Å². The van der Waals surface area contributed by atoms with Gasteiger partial charge < -0.3 is 9.32 Å². The van der Waals surface area contributed by atoms with Crippen LogP contribution in [0.1, 0.15) is 0 Å². The highest BCUT2D eigenvalue weighted by atomic mass is 16.3. The van der Waals surface area contributed by atoms with E-state index in [9.17, 15) is 0 Å². The van der Waals surface area contributed by atoms with Crippen molar-refractivity contribution in [3.8, 4) is 55.6 Å². The first-order valence-electron chi connectivity index (χ1n) is 23.3. The molecule has 0 unspecified atom stereocenters. The molecule has 0 spiro atoms. The summed E-state index contributed by atoms with van der Waals surface area (Å²) in [4.78, 5) is 2.44. The third-order valence-corrected chi connectivity index (χ3v) is 13.6. The minimum Gasteiger partial charge on any atom is -0.455 e. The molecule has 0 fully saturated rings. The van der Waals surface area contributed by atoms with Crippen LogP contribution in [-0.2, 0) is 0 Å². The minimum absolute atomic E-state index is 0.890. The smallest absolute Gasteiger partial charge is 0.143 e. The van der Waals surface area contributed by atoms with Crippen LogP contribution in [0.5, 0.6) is 0 Å². The molecule has 0 aliphatic rings. The number of rotatable bonds is 8. The standard InChI is InChI=1S/C66H43NO/c1-2-16-46(17-3-1)57-39-36-51(63-42-50-19-5-7-26-56(50)59-27-8-9-28-60(59)63)43-64(57)67(53-24-13-23-49(41-53)58-31-15-32-62-61-29-10-11-33-65(61)68-66(58)62)52-37-34-44(35-38-52)47-21-12-22-48(40-47)55-30-14-20-45-18-4-6-25-54(45)55/h1-43H. The average Bonchev–Trinajstić information content (AvgIpc) is 3.80. The number of fused-ring (bicyclic) bond motifs is 7. The number of anilines is 3. The number of para-hydroxylation sites is 2. The SMILES string of the molecule is c1ccc(-c2ccc(-c3cc4ccccc4c4ccccc34)cc2N(c2ccc(-c3cccc(-c4cccc5ccccc45)c3)cc2)c2cccc(-c3cccc4c3oc3ccccc34)c2)cc1. The zero-order valence-electron chi connectivity index (χ0n) is 37.2. The van der Waals surface area contributed by atoms with Crippen LogP contribution in [0.2, 0.25) is 0 Å². The van der Waals surface area contributed by atoms with Gasteiger partial charge in [-0.05, 0) is 125 Å². The predicted molar refractivity (Wildman–Crippen MR) is 288 cm³/mol. The van der Waals surface area contributed by atoms with Crippen molar-refractivity contribution < 1.29 is 4.42 Å². The van der Waals surface area contributed by atoms with Gasteiger partial charge in [-0.3, -0.25) is 0 Å². The van der Waals surface area contributed by atoms with Gasteiger partial charge >= 0.3 is 0 Å². The van der Waals surface area contributed by atoms with E-state index in [-0.39, 0.29) is 0 Å². The Bertz CT molecular complexity index is 4030. The summed E-state index contributed by atoms with van der Waals surface area (Å²) in [6.45, 7) is 0. The lowest BCUT2D eigenvalue weighted by Crippen LogP contribution is -2.11. The highest BCUT2D eigenvalue weighted by Crippen LogP contribution is 2.46. The quantitative estimate of drug-likeness (QED) is 0.142. The molecule has 0 radical (unpaired) electrons. The van der Waals surface area contributed by atoms with Gasteiger partial charge in [-0.2, -0.15) is 0 Å². The van der Waals surface area contributed by atoms with E-state index in [1.54, 1.807) is 0 Å². The van der Waals surface area contributed by atoms with Gasteiger partial charge in [-0.15, -0.1) is 0 Å². The molecule has 12 aromatic carbocycles. The Labute approximate surface area is 395 Å². The monoisotopic (exact) mass is 865 g/mol. The van der Waals surface area contributed by atoms with Crippen molar-refractivity contribution in [2.45, 2.75) is 0 Å². The van der Waals surface area contributed by atoms with E-state index in [0.717, 1.165) is 72.4 Å². The van der Waals surface area contributed by atoms with Gasteiger partial charge in [-0.25, -0.2) is 0 Å². The summed E-state index contributed by atoms with van der Waals surface area (Å²) in [6, 6.07) is 94.6. The van der Waals surface area contributed by atoms with Crippen molar-refractivity contribution >= 4 is 71.3 Å². The second-order valence-corrected chi connectivity index (χ2v) is 17.6. The number of benzene rings is 12. The van der Waals surface area contributed by atoms with Crippen molar-refractivity contribution in [2.75, 3.05) is 4.90 Å². The molecular weight excluding hydrogens is 823 g/mol. The fraction of sp³-hybridized carbons (Fsp3) is 0. The van der Waals surface area contributed by atoms with Gasteiger partial charge in [0.15, 0.2) is 0 Å². The summed E-state index contributed by atoms with van der Waals surface area (Å²) in [7, 11) is 0. The van der Waals surface area contributed by atoms with Crippen LogP contribution in [0, 0.1) is 0 Å². The molecule has 2 heteroatoms. The van der Waals surface area contributed by atoms with Gasteiger partial charge in [-0.1, -0.05) is 212 Å². The number of furan rings is 1. The first-order valence-corrected chi connectivity index (χ1v) is 23.3. The van der Waals surface area contributed by atoms with Crippen LogP contribution in [0.4, 0.5) is 17.1 Å².